The molecule has 1 aliphatic rings. The van der Waals surface area contributed by atoms with Gasteiger partial charge in [0.2, 0.25) is 5.91 Å². The van der Waals surface area contributed by atoms with Crippen molar-refractivity contribution in [1.29, 1.82) is 0 Å². The Labute approximate surface area is 186 Å². The fraction of sp³-hybridized carbons (Fsp3) is 0.200. The Morgan fingerprint density at radius 1 is 1.06 bits per heavy atom. The van der Waals surface area contributed by atoms with Crippen LogP contribution >= 0.6 is 11.8 Å². The molecule has 31 heavy (non-hydrogen) atoms. The Morgan fingerprint density at radius 3 is 2.48 bits per heavy atom. The molecule has 0 unspecified atom stereocenters. The molecular weight excluding hydrogens is 408 g/mol. The maximum Gasteiger partial charge on any atom is 0.255 e. The molecule has 3 aromatic rings. The van der Waals surface area contributed by atoms with Gasteiger partial charge < -0.3 is 10.1 Å². The second-order valence-corrected chi connectivity index (χ2v) is 8.34. The van der Waals surface area contributed by atoms with E-state index in [9.17, 15) is 9.59 Å². The first-order valence-corrected chi connectivity index (χ1v) is 11.2. The van der Waals surface area contributed by atoms with Gasteiger partial charge in [-0.1, -0.05) is 42.0 Å². The zero-order valence-electron chi connectivity index (χ0n) is 17.5. The molecule has 3 aromatic carbocycles. The highest BCUT2D eigenvalue weighted by Crippen LogP contribution is 2.44. The maximum absolute atomic E-state index is 12.7. The van der Waals surface area contributed by atoms with Gasteiger partial charge in [0.25, 0.3) is 5.91 Å². The molecular formula is C25H24N2O3S. The number of hydrogen-bond donors (Lipinski definition) is 1. The molecule has 0 aromatic heterocycles. The third-order valence-corrected chi connectivity index (χ3v) is 6.27. The van der Waals surface area contributed by atoms with Crippen LogP contribution in [0, 0.1) is 6.92 Å². The maximum atomic E-state index is 12.7. The summed E-state index contributed by atoms with van der Waals surface area (Å²) in [5, 5.41) is 2.78. The van der Waals surface area contributed by atoms with Crippen molar-refractivity contribution in [3.63, 3.8) is 0 Å². The number of carbonyl (C=O) groups excluding carboxylic acids is 2. The molecule has 0 saturated carbocycles. The zero-order chi connectivity index (χ0) is 21.8. The Morgan fingerprint density at radius 2 is 1.77 bits per heavy atom. The molecule has 5 nitrogen and oxygen atoms in total. The first kappa shape index (κ1) is 21.0. The van der Waals surface area contributed by atoms with Gasteiger partial charge in [-0.3, -0.25) is 14.5 Å². The van der Waals surface area contributed by atoms with Crippen LogP contribution in [0.1, 0.15) is 33.8 Å². The van der Waals surface area contributed by atoms with Crippen LogP contribution in [0.25, 0.3) is 0 Å². The number of anilines is 2. The summed E-state index contributed by atoms with van der Waals surface area (Å²) in [5.41, 5.74) is 4.21. The van der Waals surface area contributed by atoms with Crippen LogP contribution in [-0.2, 0) is 4.79 Å². The summed E-state index contributed by atoms with van der Waals surface area (Å²) in [6.45, 7) is 4.45. The number of carbonyl (C=O) groups is 2. The number of aryl methyl sites for hydroxylation is 1. The van der Waals surface area contributed by atoms with E-state index in [-0.39, 0.29) is 17.2 Å². The van der Waals surface area contributed by atoms with Crippen molar-refractivity contribution in [3.8, 4) is 5.75 Å². The molecule has 2 amide bonds. The monoisotopic (exact) mass is 432 g/mol. The largest absolute Gasteiger partial charge is 0.492 e. The van der Waals surface area contributed by atoms with Crippen LogP contribution < -0.4 is 15.0 Å². The molecule has 6 heteroatoms. The highest BCUT2D eigenvalue weighted by atomic mass is 32.2. The molecule has 1 heterocycles. The van der Waals surface area contributed by atoms with Crippen LogP contribution in [-0.4, -0.2) is 24.2 Å². The fourth-order valence-electron chi connectivity index (χ4n) is 3.50. The van der Waals surface area contributed by atoms with E-state index < -0.39 is 0 Å². The van der Waals surface area contributed by atoms with Crippen LogP contribution in [0.15, 0.2) is 72.8 Å². The molecule has 0 radical (unpaired) electrons. The number of rotatable bonds is 6. The highest BCUT2D eigenvalue weighted by Gasteiger charge is 2.35. The molecule has 1 atom stereocenters. The van der Waals surface area contributed by atoms with Gasteiger partial charge in [0.05, 0.1) is 18.0 Å². The van der Waals surface area contributed by atoms with E-state index in [1.807, 2.05) is 86.6 Å². The van der Waals surface area contributed by atoms with Crippen LogP contribution in [0.2, 0.25) is 0 Å². The Bertz CT molecular complexity index is 1080. The number of nitrogens with one attached hydrogen (secondary N) is 1. The van der Waals surface area contributed by atoms with Gasteiger partial charge in [0, 0.05) is 11.3 Å². The summed E-state index contributed by atoms with van der Waals surface area (Å²) < 4.78 is 5.74. The van der Waals surface area contributed by atoms with Gasteiger partial charge in [0.15, 0.2) is 0 Å². The average molecular weight is 433 g/mol. The van der Waals surface area contributed by atoms with Crippen molar-refractivity contribution in [3.05, 3.63) is 89.5 Å². The summed E-state index contributed by atoms with van der Waals surface area (Å²) in [6.07, 6.45) is 0. The van der Waals surface area contributed by atoms with Crippen molar-refractivity contribution in [2.24, 2.45) is 0 Å². The number of benzene rings is 3. The van der Waals surface area contributed by atoms with E-state index in [2.05, 4.69) is 5.32 Å². The smallest absolute Gasteiger partial charge is 0.255 e. The lowest BCUT2D eigenvalue weighted by atomic mass is 10.1. The quantitative estimate of drug-likeness (QED) is 0.565. The Kier molecular flexibility index (Phi) is 6.28. The lowest BCUT2D eigenvalue weighted by Crippen LogP contribution is -2.28. The second-order valence-electron chi connectivity index (χ2n) is 7.27. The standard InChI is InChI=1S/C25H24N2O3S/c1-3-30-22-7-5-4-6-21(22)27-23(28)16-31-25(27)19-12-14-20(15-13-19)26-24(29)18-10-8-17(2)9-11-18/h4-15,25H,3,16H2,1-2H3,(H,26,29)/t25-/m0/s1. The lowest BCUT2D eigenvalue weighted by molar-refractivity contribution is -0.115. The summed E-state index contributed by atoms with van der Waals surface area (Å²) in [4.78, 5) is 27.0. The molecule has 4 rings (SSSR count). The molecule has 1 aliphatic heterocycles. The van der Waals surface area contributed by atoms with Crippen LogP contribution in [0.4, 0.5) is 11.4 Å². The number of amides is 2. The number of hydrogen-bond acceptors (Lipinski definition) is 4. The van der Waals surface area contributed by atoms with Gasteiger partial charge in [-0.15, -0.1) is 11.8 Å². The zero-order valence-corrected chi connectivity index (χ0v) is 18.3. The lowest BCUT2D eigenvalue weighted by Gasteiger charge is -2.26. The molecule has 0 bridgehead atoms. The highest BCUT2D eigenvalue weighted by molar-refractivity contribution is 8.00. The van der Waals surface area contributed by atoms with Crippen molar-refractivity contribution < 1.29 is 14.3 Å². The minimum atomic E-state index is -0.148. The Hall–Kier alpha value is -3.25. The molecule has 1 fully saturated rings. The van der Waals surface area contributed by atoms with Gasteiger partial charge in [-0.05, 0) is 55.8 Å². The first-order valence-electron chi connectivity index (χ1n) is 10.2. The third kappa shape index (κ3) is 4.59. The molecule has 1 N–H and O–H groups in total. The summed E-state index contributed by atoms with van der Waals surface area (Å²) in [7, 11) is 0. The molecule has 0 spiro atoms. The van der Waals surface area contributed by atoms with Crippen LogP contribution in [0.3, 0.4) is 0 Å². The van der Waals surface area contributed by atoms with E-state index >= 15 is 0 Å². The van der Waals surface area contributed by atoms with E-state index in [1.54, 1.807) is 16.7 Å². The normalized spacial score (nSPS) is 15.7. The van der Waals surface area contributed by atoms with E-state index in [1.165, 1.54) is 0 Å². The SMILES string of the molecule is CCOc1ccccc1N1C(=O)CS[C@H]1c1ccc(NC(=O)c2ccc(C)cc2)cc1. The molecule has 158 valence electrons. The second kappa shape index (κ2) is 9.27. The summed E-state index contributed by atoms with van der Waals surface area (Å²) in [6, 6.07) is 22.7. The number of thioether (sulfide) groups is 1. The molecule has 1 saturated heterocycles. The minimum Gasteiger partial charge on any atom is -0.492 e. The molecule has 0 aliphatic carbocycles. The van der Waals surface area contributed by atoms with Crippen molar-refractivity contribution in [2.75, 3.05) is 22.6 Å². The van der Waals surface area contributed by atoms with Crippen molar-refractivity contribution >= 4 is 35.0 Å². The third-order valence-electron chi connectivity index (χ3n) is 5.06. The van der Waals surface area contributed by atoms with Gasteiger partial charge in [-0.25, -0.2) is 0 Å². The summed E-state index contributed by atoms with van der Waals surface area (Å²) >= 11 is 1.58. The average Bonchev–Trinajstić information content (AvgIpc) is 3.16. The minimum absolute atomic E-state index is 0.0545. The Balaban J connectivity index is 1.53. The topological polar surface area (TPSA) is 58.6 Å². The fourth-order valence-corrected chi connectivity index (χ4v) is 4.67. The predicted octanol–water partition coefficient (Wildman–Crippen LogP) is 5.42. The van der Waals surface area contributed by atoms with Crippen molar-refractivity contribution in [1.82, 2.24) is 0 Å². The van der Waals surface area contributed by atoms with Gasteiger partial charge in [0.1, 0.15) is 11.1 Å². The van der Waals surface area contributed by atoms with Crippen LogP contribution in [0.5, 0.6) is 5.75 Å². The van der Waals surface area contributed by atoms with E-state index in [0.717, 1.165) is 16.8 Å². The first-order chi connectivity index (χ1) is 15.1. The van der Waals surface area contributed by atoms with E-state index in [4.69, 9.17) is 4.74 Å². The van der Waals surface area contributed by atoms with Crippen molar-refractivity contribution in [2.45, 2.75) is 19.2 Å². The number of ether oxygens (including phenoxy) is 1. The summed E-state index contributed by atoms with van der Waals surface area (Å²) in [5.74, 6) is 1.02. The number of para-hydroxylation sites is 2. The van der Waals surface area contributed by atoms with E-state index in [0.29, 0.717) is 29.4 Å². The predicted molar refractivity (Wildman–Crippen MR) is 126 cm³/mol. The number of nitrogens with zero attached hydrogens (tertiary/aromatic N) is 1. The van der Waals surface area contributed by atoms with Gasteiger partial charge >= 0.3 is 0 Å². The van der Waals surface area contributed by atoms with Gasteiger partial charge in [-0.2, -0.15) is 0 Å².